The van der Waals surface area contributed by atoms with Gasteiger partial charge < -0.3 is 5.32 Å². The minimum absolute atomic E-state index is 0.398. The number of carbonyl (C=O) groups is 1. The number of halogens is 2. The second-order valence-corrected chi connectivity index (χ2v) is 8.67. The molecule has 0 saturated carbocycles. The largest absolute Gasteiger partial charge is 0.325 e. The zero-order chi connectivity index (χ0) is 19.5. The second kappa shape index (κ2) is 8.32. The van der Waals surface area contributed by atoms with Crippen LogP contribution in [0, 0.1) is 0 Å². The fraction of sp³-hybridized carbons (Fsp3) is 0. The molecule has 6 nitrogen and oxygen atoms in total. The molecule has 0 aliphatic rings. The number of nitrogens with one attached hydrogen (secondary N) is 2. The summed E-state index contributed by atoms with van der Waals surface area (Å²) in [6.07, 6.45) is 1.72. The molecule has 0 spiro atoms. The summed E-state index contributed by atoms with van der Waals surface area (Å²) in [4.78, 5) is 17.4. The molecular formula is C18H11Cl2N5OS2. The van der Waals surface area contributed by atoms with Crippen LogP contribution in [0.1, 0.15) is 0 Å². The van der Waals surface area contributed by atoms with E-state index in [0.717, 1.165) is 15.8 Å². The summed E-state index contributed by atoms with van der Waals surface area (Å²) >= 11 is 14.6. The highest BCUT2D eigenvalue weighted by Gasteiger charge is 2.11. The SMILES string of the molecule is O=C(Nc1ccc(Cl)cc1)Nc1nnc(Sc2ccnc3cc(Cl)ccc23)s1. The fourth-order valence-electron chi connectivity index (χ4n) is 2.37. The van der Waals surface area contributed by atoms with Gasteiger partial charge in [-0.1, -0.05) is 52.4 Å². The quantitative estimate of drug-likeness (QED) is 0.364. The normalized spacial score (nSPS) is 10.8. The van der Waals surface area contributed by atoms with Crippen molar-refractivity contribution in [2.24, 2.45) is 0 Å². The lowest BCUT2D eigenvalue weighted by atomic mass is 10.2. The number of anilines is 2. The average Bonchev–Trinajstić information content (AvgIpc) is 3.10. The molecule has 0 fully saturated rings. The van der Waals surface area contributed by atoms with Crippen LogP contribution in [0.4, 0.5) is 15.6 Å². The highest BCUT2D eigenvalue weighted by Crippen LogP contribution is 2.36. The molecule has 4 aromatic rings. The number of urea groups is 1. The Morgan fingerprint density at radius 3 is 2.57 bits per heavy atom. The molecule has 0 atom stereocenters. The number of rotatable bonds is 4. The number of hydrogen-bond donors (Lipinski definition) is 2. The first kappa shape index (κ1) is 18.9. The standard InChI is InChI=1S/C18H11Cl2N5OS2/c19-10-1-4-12(5-2-10)22-16(26)23-17-24-25-18(28-17)27-15-7-8-21-14-9-11(20)3-6-13(14)15/h1-9H,(H2,22,23,24,26). The molecule has 2 heterocycles. The van der Waals surface area contributed by atoms with E-state index in [9.17, 15) is 4.79 Å². The van der Waals surface area contributed by atoms with Gasteiger partial charge in [0.2, 0.25) is 5.13 Å². The predicted octanol–water partition coefficient (Wildman–Crippen LogP) is 6.19. The molecule has 0 bridgehead atoms. The van der Waals surface area contributed by atoms with Gasteiger partial charge in [-0.25, -0.2) is 4.79 Å². The monoisotopic (exact) mass is 447 g/mol. The zero-order valence-electron chi connectivity index (χ0n) is 14.0. The number of benzene rings is 2. The summed E-state index contributed by atoms with van der Waals surface area (Å²) in [6.45, 7) is 0. The van der Waals surface area contributed by atoms with Crippen LogP contribution in [-0.2, 0) is 0 Å². The van der Waals surface area contributed by atoms with Gasteiger partial charge in [-0.05, 0) is 42.5 Å². The van der Waals surface area contributed by atoms with Crippen molar-refractivity contribution >= 4 is 74.1 Å². The molecule has 28 heavy (non-hydrogen) atoms. The summed E-state index contributed by atoms with van der Waals surface area (Å²) in [6, 6.07) is 13.9. The molecule has 0 radical (unpaired) electrons. The zero-order valence-corrected chi connectivity index (χ0v) is 17.2. The molecule has 10 heteroatoms. The van der Waals surface area contributed by atoms with E-state index in [1.807, 2.05) is 24.3 Å². The van der Waals surface area contributed by atoms with E-state index in [4.69, 9.17) is 23.2 Å². The van der Waals surface area contributed by atoms with E-state index >= 15 is 0 Å². The van der Waals surface area contributed by atoms with Crippen LogP contribution >= 0.6 is 46.3 Å². The van der Waals surface area contributed by atoms with Gasteiger partial charge >= 0.3 is 6.03 Å². The summed E-state index contributed by atoms with van der Waals surface area (Å²) in [5.74, 6) is 0. The van der Waals surface area contributed by atoms with Crippen LogP contribution in [-0.4, -0.2) is 21.2 Å². The maximum Gasteiger partial charge on any atom is 0.325 e. The molecule has 0 unspecified atom stereocenters. The van der Waals surface area contributed by atoms with Crippen LogP contribution in [0.25, 0.3) is 10.9 Å². The van der Waals surface area contributed by atoms with Crippen molar-refractivity contribution in [2.75, 3.05) is 10.6 Å². The minimum atomic E-state index is -0.404. The van der Waals surface area contributed by atoms with Gasteiger partial charge in [-0.3, -0.25) is 10.3 Å². The van der Waals surface area contributed by atoms with Crippen molar-refractivity contribution in [3.05, 3.63) is 64.8 Å². The van der Waals surface area contributed by atoms with Crippen molar-refractivity contribution < 1.29 is 4.79 Å². The fourth-order valence-corrected chi connectivity index (χ4v) is 4.49. The Morgan fingerprint density at radius 2 is 1.75 bits per heavy atom. The van der Waals surface area contributed by atoms with Crippen LogP contribution < -0.4 is 10.6 Å². The molecule has 2 aromatic carbocycles. The number of pyridine rings is 1. The lowest BCUT2D eigenvalue weighted by molar-refractivity contribution is 0.262. The minimum Gasteiger partial charge on any atom is -0.308 e. The molecule has 140 valence electrons. The number of fused-ring (bicyclic) bond motifs is 1. The molecule has 0 aliphatic carbocycles. The maximum atomic E-state index is 12.1. The van der Waals surface area contributed by atoms with E-state index in [1.165, 1.54) is 23.1 Å². The lowest BCUT2D eigenvalue weighted by Crippen LogP contribution is -2.19. The highest BCUT2D eigenvalue weighted by molar-refractivity contribution is 8.01. The van der Waals surface area contributed by atoms with Gasteiger partial charge in [-0.15, -0.1) is 10.2 Å². The highest BCUT2D eigenvalue weighted by atomic mass is 35.5. The van der Waals surface area contributed by atoms with Crippen molar-refractivity contribution in [1.29, 1.82) is 0 Å². The smallest absolute Gasteiger partial charge is 0.308 e. The first-order valence-corrected chi connectivity index (χ1v) is 10.3. The van der Waals surface area contributed by atoms with Gasteiger partial charge in [0.05, 0.1) is 5.52 Å². The Balaban J connectivity index is 1.45. The van der Waals surface area contributed by atoms with Crippen LogP contribution in [0.2, 0.25) is 10.0 Å². The molecule has 4 rings (SSSR count). The number of aromatic nitrogens is 3. The number of nitrogens with zero attached hydrogens (tertiary/aromatic N) is 3. The Hall–Kier alpha value is -2.39. The molecule has 2 N–H and O–H groups in total. The Morgan fingerprint density at radius 1 is 0.964 bits per heavy atom. The van der Waals surface area contributed by atoms with Crippen LogP contribution in [0.15, 0.2) is 64.0 Å². The van der Waals surface area contributed by atoms with Gasteiger partial charge in [0.1, 0.15) is 0 Å². The van der Waals surface area contributed by atoms with Crippen molar-refractivity contribution in [2.45, 2.75) is 9.24 Å². The topological polar surface area (TPSA) is 79.8 Å². The van der Waals surface area contributed by atoms with Crippen LogP contribution in [0.3, 0.4) is 0 Å². The first-order valence-electron chi connectivity index (χ1n) is 7.96. The Bertz CT molecular complexity index is 1150. The van der Waals surface area contributed by atoms with Crippen molar-refractivity contribution in [3.63, 3.8) is 0 Å². The average molecular weight is 448 g/mol. The maximum absolute atomic E-state index is 12.1. The Labute approximate surface area is 178 Å². The van der Waals surface area contributed by atoms with E-state index in [2.05, 4.69) is 25.8 Å². The van der Waals surface area contributed by atoms with E-state index < -0.39 is 6.03 Å². The molecule has 2 amide bonds. The molecule has 0 aliphatic heterocycles. The number of carbonyl (C=O) groups excluding carboxylic acids is 1. The summed E-state index contributed by atoms with van der Waals surface area (Å²) in [5.41, 5.74) is 1.44. The van der Waals surface area contributed by atoms with E-state index in [0.29, 0.717) is 25.2 Å². The third-order valence-electron chi connectivity index (χ3n) is 3.59. The third kappa shape index (κ3) is 4.53. The molecule has 2 aromatic heterocycles. The van der Waals surface area contributed by atoms with Crippen molar-refractivity contribution in [3.8, 4) is 0 Å². The second-order valence-electron chi connectivity index (χ2n) is 5.53. The van der Waals surface area contributed by atoms with E-state index in [-0.39, 0.29) is 0 Å². The number of hydrogen-bond acceptors (Lipinski definition) is 6. The van der Waals surface area contributed by atoms with Gasteiger partial charge in [0.15, 0.2) is 4.34 Å². The summed E-state index contributed by atoms with van der Waals surface area (Å²) < 4.78 is 0.698. The van der Waals surface area contributed by atoms with Gasteiger partial charge in [0.25, 0.3) is 0 Å². The molecule has 0 saturated heterocycles. The van der Waals surface area contributed by atoms with E-state index in [1.54, 1.807) is 30.5 Å². The lowest BCUT2D eigenvalue weighted by Gasteiger charge is -2.04. The third-order valence-corrected chi connectivity index (χ3v) is 6.04. The van der Waals surface area contributed by atoms with Crippen LogP contribution in [0.5, 0.6) is 0 Å². The predicted molar refractivity (Wildman–Crippen MR) is 115 cm³/mol. The summed E-state index contributed by atoms with van der Waals surface area (Å²) in [7, 11) is 0. The summed E-state index contributed by atoms with van der Waals surface area (Å²) in [5, 5.41) is 16.1. The Kier molecular flexibility index (Phi) is 5.63. The van der Waals surface area contributed by atoms with Gasteiger partial charge in [0, 0.05) is 32.2 Å². The van der Waals surface area contributed by atoms with Gasteiger partial charge in [-0.2, -0.15) is 0 Å². The molecular weight excluding hydrogens is 437 g/mol. The van der Waals surface area contributed by atoms with Crippen molar-refractivity contribution in [1.82, 2.24) is 15.2 Å². The number of amides is 2. The first-order chi connectivity index (χ1) is 13.6.